The lowest BCUT2D eigenvalue weighted by Gasteiger charge is -2.15. The molecule has 0 heterocycles. The molecule has 0 radical (unpaired) electrons. The van der Waals surface area contributed by atoms with Crippen molar-refractivity contribution in [3.05, 3.63) is 71.8 Å². The molecule has 2 unspecified atom stereocenters. The number of amides is 1. The van der Waals surface area contributed by atoms with Crippen LogP contribution in [0.25, 0.3) is 6.08 Å². The molecule has 2 rings (SSSR count). The standard InChI is InChI=1S/C20H21NO5/c1-14(22)19(20(24)25)21-18(23)12-9-15-7-10-17(11-8-15)26-13-16-5-3-2-4-6-16/h2-12,14,19,22H,13H2,1H3,(H,21,23)(H,24,25)/b12-9+. The highest BCUT2D eigenvalue weighted by atomic mass is 16.5. The Bertz CT molecular complexity index is 754. The van der Waals surface area contributed by atoms with Gasteiger partial charge in [0.1, 0.15) is 12.4 Å². The van der Waals surface area contributed by atoms with E-state index in [1.54, 1.807) is 30.3 Å². The number of carbonyl (C=O) groups excluding carboxylic acids is 1. The van der Waals surface area contributed by atoms with E-state index >= 15 is 0 Å². The van der Waals surface area contributed by atoms with Crippen LogP contribution < -0.4 is 10.1 Å². The van der Waals surface area contributed by atoms with Crippen molar-refractivity contribution in [1.29, 1.82) is 0 Å². The average molecular weight is 355 g/mol. The minimum atomic E-state index is -1.35. The van der Waals surface area contributed by atoms with E-state index in [0.29, 0.717) is 12.4 Å². The van der Waals surface area contributed by atoms with Crippen molar-refractivity contribution in [3.8, 4) is 5.75 Å². The topological polar surface area (TPSA) is 95.9 Å². The Labute approximate surface area is 151 Å². The summed E-state index contributed by atoms with van der Waals surface area (Å²) in [6, 6.07) is 15.6. The monoisotopic (exact) mass is 355 g/mol. The van der Waals surface area contributed by atoms with Crippen molar-refractivity contribution in [3.63, 3.8) is 0 Å². The second-order valence-corrected chi connectivity index (χ2v) is 5.74. The van der Waals surface area contributed by atoms with Crippen molar-refractivity contribution < 1.29 is 24.5 Å². The summed E-state index contributed by atoms with van der Waals surface area (Å²) >= 11 is 0. The third kappa shape index (κ3) is 6.07. The maximum atomic E-state index is 11.8. The average Bonchev–Trinajstić information content (AvgIpc) is 2.64. The van der Waals surface area contributed by atoms with Crippen molar-refractivity contribution in [2.75, 3.05) is 0 Å². The maximum Gasteiger partial charge on any atom is 0.328 e. The Morgan fingerprint density at radius 3 is 2.35 bits per heavy atom. The lowest BCUT2D eigenvalue weighted by atomic mass is 10.1. The van der Waals surface area contributed by atoms with E-state index in [4.69, 9.17) is 9.84 Å². The molecule has 3 N–H and O–H groups in total. The van der Waals surface area contributed by atoms with E-state index in [9.17, 15) is 14.7 Å². The van der Waals surface area contributed by atoms with Crippen LogP contribution >= 0.6 is 0 Å². The molecule has 0 bridgehead atoms. The number of rotatable bonds is 8. The molecule has 136 valence electrons. The van der Waals surface area contributed by atoms with Crippen LogP contribution in [-0.2, 0) is 16.2 Å². The van der Waals surface area contributed by atoms with Crippen LogP contribution in [0, 0.1) is 0 Å². The molecule has 2 aromatic carbocycles. The largest absolute Gasteiger partial charge is 0.489 e. The molecule has 6 heteroatoms. The molecule has 6 nitrogen and oxygen atoms in total. The number of carboxylic acids is 1. The number of carboxylic acid groups (broad SMARTS) is 1. The quantitative estimate of drug-likeness (QED) is 0.631. The normalized spacial score (nSPS) is 13.2. The third-order valence-corrected chi connectivity index (χ3v) is 3.60. The fourth-order valence-corrected chi connectivity index (χ4v) is 2.18. The fraction of sp³-hybridized carbons (Fsp3) is 0.200. The Hall–Kier alpha value is -3.12. The van der Waals surface area contributed by atoms with Crippen molar-refractivity contribution in [1.82, 2.24) is 5.32 Å². The number of aliphatic hydroxyl groups is 1. The Balaban J connectivity index is 1.88. The Morgan fingerprint density at radius 2 is 1.77 bits per heavy atom. The second kappa shape index (κ2) is 9.39. The number of hydrogen-bond donors (Lipinski definition) is 3. The van der Waals surface area contributed by atoms with Gasteiger partial charge in [0.05, 0.1) is 6.10 Å². The van der Waals surface area contributed by atoms with Crippen LogP contribution in [0.3, 0.4) is 0 Å². The van der Waals surface area contributed by atoms with Crippen LogP contribution in [0.4, 0.5) is 0 Å². The van der Waals surface area contributed by atoms with E-state index in [0.717, 1.165) is 11.1 Å². The minimum Gasteiger partial charge on any atom is -0.489 e. The molecule has 0 spiro atoms. The first-order valence-electron chi connectivity index (χ1n) is 8.12. The van der Waals surface area contributed by atoms with Gasteiger partial charge in [-0.3, -0.25) is 4.79 Å². The van der Waals surface area contributed by atoms with Gasteiger partial charge in [0, 0.05) is 6.08 Å². The lowest BCUT2D eigenvalue weighted by molar-refractivity contribution is -0.144. The smallest absolute Gasteiger partial charge is 0.328 e. The number of carbonyl (C=O) groups is 2. The molecule has 1 amide bonds. The summed E-state index contributed by atoms with van der Waals surface area (Å²) < 4.78 is 5.68. The molecule has 0 aliphatic carbocycles. The van der Waals surface area contributed by atoms with E-state index < -0.39 is 24.0 Å². The van der Waals surface area contributed by atoms with E-state index in [2.05, 4.69) is 5.32 Å². The molecule has 2 aromatic rings. The van der Waals surface area contributed by atoms with Gasteiger partial charge in [-0.05, 0) is 36.3 Å². The predicted molar refractivity (Wildman–Crippen MR) is 97.5 cm³/mol. The van der Waals surface area contributed by atoms with Crippen LogP contribution in [-0.4, -0.2) is 34.2 Å². The van der Waals surface area contributed by atoms with Gasteiger partial charge in [-0.2, -0.15) is 0 Å². The fourth-order valence-electron chi connectivity index (χ4n) is 2.18. The van der Waals surface area contributed by atoms with Crippen molar-refractivity contribution in [2.45, 2.75) is 25.7 Å². The Kier molecular flexibility index (Phi) is 6.93. The summed E-state index contributed by atoms with van der Waals surface area (Å²) in [6.07, 6.45) is 1.58. The van der Waals surface area contributed by atoms with Gasteiger partial charge < -0.3 is 20.3 Å². The molecule has 0 saturated heterocycles. The van der Waals surface area contributed by atoms with Gasteiger partial charge in [-0.25, -0.2) is 4.79 Å². The zero-order valence-electron chi connectivity index (χ0n) is 14.3. The summed E-state index contributed by atoms with van der Waals surface area (Å²) in [5.74, 6) is -1.18. The van der Waals surface area contributed by atoms with Crippen LogP contribution in [0.1, 0.15) is 18.1 Å². The van der Waals surface area contributed by atoms with Gasteiger partial charge in [0.15, 0.2) is 6.04 Å². The second-order valence-electron chi connectivity index (χ2n) is 5.74. The van der Waals surface area contributed by atoms with Crippen LogP contribution in [0.5, 0.6) is 5.75 Å². The molecular weight excluding hydrogens is 334 g/mol. The third-order valence-electron chi connectivity index (χ3n) is 3.60. The number of aliphatic carboxylic acids is 1. The number of nitrogens with one attached hydrogen (secondary N) is 1. The van der Waals surface area contributed by atoms with Gasteiger partial charge in [-0.1, -0.05) is 42.5 Å². The number of aliphatic hydroxyl groups excluding tert-OH is 1. The van der Waals surface area contributed by atoms with Gasteiger partial charge in [-0.15, -0.1) is 0 Å². The van der Waals surface area contributed by atoms with Gasteiger partial charge in [0.25, 0.3) is 0 Å². The first kappa shape index (κ1) is 19.2. The molecule has 0 aliphatic heterocycles. The summed E-state index contributed by atoms with van der Waals surface area (Å²) in [4.78, 5) is 22.7. The summed E-state index contributed by atoms with van der Waals surface area (Å²) in [5.41, 5.74) is 1.83. The van der Waals surface area contributed by atoms with E-state index in [-0.39, 0.29) is 0 Å². The highest BCUT2D eigenvalue weighted by Crippen LogP contribution is 2.15. The summed E-state index contributed by atoms with van der Waals surface area (Å²) in [7, 11) is 0. The van der Waals surface area contributed by atoms with Crippen molar-refractivity contribution >= 4 is 18.0 Å². The molecule has 0 aliphatic rings. The molecule has 0 saturated carbocycles. The number of ether oxygens (including phenoxy) is 1. The zero-order chi connectivity index (χ0) is 18.9. The van der Waals surface area contributed by atoms with Crippen LogP contribution in [0.2, 0.25) is 0 Å². The highest BCUT2D eigenvalue weighted by molar-refractivity contribution is 5.94. The molecule has 2 atom stereocenters. The summed E-state index contributed by atoms with van der Waals surface area (Å²) in [5, 5.41) is 20.5. The Morgan fingerprint density at radius 1 is 1.12 bits per heavy atom. The molecular formula is C20H21NO5. The van der Waals surface area contributed by atoms with Gasteiger partial charge in [0.2, 0.25) is 5.91 Å². The predicted octanol–water partition coefficient (Wildman–Crippen LogP) is 2.23. The number of hydrogen-bond acceptors (Lipinski definition) is 4. The first-order valence-corrected chi connectivity index (χ1v) is 8.12. The summed E-state index contributed by atoms with van der Waals surface area (Å²) in [6.45, 7) is 1.77. The lowest BCUT2D eigenvalue weighted by Crippen LogP contribution is -2.47. The maximum absolute atomic E-state index is 11.8. The molecule has 0 aromatic heterocycles. The minimum absolute atomic E-state index is 0.467. The molecule has 0 fully saturated rings. The number of benzene rings is 2. The van der Waals surface area contributed by atoms with E-state index in [1.807, 2.05) is 30.3 Å². The zero-order valence-corrected chi connectivity index (χ0v) is 14.3. The van der Waals surface area contributed by atoms with Gasteiger partial charge >= 0.3 is 5.97 Å². The molecule has 26 heavy (non-hydrogen) atoms. The SMILES string of the molecule is CC(O)C(NC(=O)/C=C/c1ccc(OCc2ccccc2)cc1)C(=O)O. The van der Waals surface area contributed by atoms with E-state index in [1.165, 1.54) is 13.0 Å². The van der Waals surface area contributed by atoms with Crippen molar-refractivity contribution in [2.24, 2.45) is 0 Å². The van der Waals surface area contributed by atoms with Crippen LogP contribution in [0.15, 0.2) is 60.7 Å². The highest BCUT2D eigenvalue weighted by Gasteiger charge is 2.23. The first-order chi connectivity index (χ1) is 12.5.